The SMILES string of the molecule is ON=C1CCCc2onc(Cc3cccc4ccccc34)c21. The van der Waals surface area contributed by atoms with Gasteiger partial charge in [-0.05, 0) is 29.2 Å². The molecular weight excluding hydrogens is 276 g/mol. The summed E-state index contributed by atoms with van der Waals surface area (Å²) in [6.07, 6.45) is 3.25. The Hall–Kier alpha value is -2.62. The highest BCUT2D eigenvalue weighted by molar-refractivity contribution is 6.03. The second-order valence-electron chi connectivity index (χ2n) is 5.64. The van der Waals surface area contributed by atoms with Crippen molar-refractivity contribution in [2.75, 3.05) is 0 Å². The maximum Gasteiger partial charge on any atom is 0.146 e. The summed E-state index contributed by atoms with van der Waals surface area (Å²) in [5.41, 5.74) is 3.66. The Morgan fingerprint density at radius 2 is 1.95 bits per heavy atom. The molecule has 110 valence electrons. The summed E-state index contributed by atoms with van der Waals surface area (Å²) in [5.74, 6) is 0.842. The fourth-order valence-corrected chi connectivity index (χ4v) is 3.25. The highest BCUT2D eigenvalue weighted by Crippen LogP contribution is 2.28. The second-order valence-corrected chi connectivity index (χ2v) is 5.64. The summed E-state index contributed by atoms with van der Waals surface area (Å²) in [6, 6.07) is 14.6. The third-order valence-corrected chi connectivity index (χ3v) is 4.30. The number of hydrogen-bond donors (Lipinski definition) is 1. The van der Waals surface area contributed by atoms with Crippen molar-refractivity contribution in [3.63, 3.8) is 0 Å². The Kier molecular flexibility index (Phi) is 3.15. The summed E-state index contributed by atoms with van der Waals surface area (Å²) >= 11 is 0. The van der Waals surface area contributed by atoms with E-state index in [1.165, 1.54) is 16.3 Å². The van der Waals surface area contributed by atoms with E-state index in [4.69, 9.17) is 4.52 Å². The number of aryl methyl sites for hydroxylation is 1. The minimum atomic E-state index is 0.680. The molecule has 1 aromatic heterocycles. The molecule has 0 unspecified atom stereocenters. The van der Waals surface area contributed by atoms with Crippen LogP contribution in [0.5, 0.6) is 0 Å². The number of rotatable bonds is 2. The van der Waals surface area contributed by atoms with E-state index in [0.29, 0.717) is 12.1 Å². The van der Waals surface area contributed by atoms with Crippen LogP contribution in [0.3, 0.4) is 0 Å². The van der Waals surface area contributed by atoms with E-state index < -0.39 is 0 Å². The fraction of sp³-hybridized carbons (Fsp3) is 0.222. The lowest BCUT2D eigenvalue weighted by atomic mass is 9.91. The fourth-order valence-electron chi connectivity index (χ4n) is 3.25. The van der Waals surface area contributed by atoms with Gasteiger partial charge in [0.25, 0.3) is 0 Å². The zero-order chi connectivity index (χ0) is 14.9. The Labute approximate surface area is 128 Å². The van der Waals surface area contributed by atoms with Crippen LogP contribution in [0.25, 0.3) is 10.8 Å². The first-order valence-corrected chi connectivity index (χ1v) is 7.52. The van der Waals surface area contributed by atoms with E-state index in [1.54, 1.807) is 0 Å². The molecule has 0 atom stereocenters. The average Bonchev–Trinajstić information content (AvgIpc) is 2.98. The largest absolute Gasteiger partial charge is 0.411 e. The van der Waals surface area contributed by atoms with Crippen LogP contribution in [-0.2, 0) is 12.8 Å². The van der Waals surface area contributed by atoms with Crippen molar-refractivity contribution in [2.24, 2.45) is 5.16 Å². The first-order valence-electron chi connectivity index (χ1n) is 7.52. The van der Waals surface area contributed by atoms with Gasteiger partial charge in [-0.1, -0.05) is 52.8 Å². The van der Waals surface area contributed by atoms with Crippen molar-refractivity contribution in [2.45, 2.75) is 25.7 Å². The molecule has 0 amide bonds. The summed E-state index contributed by atoms with van der Waals surface area (Å²) in [5, 5.41) is 19.3. The predicted octanol–water partition coefficient (Wildman–Crippen LogP) is 3.93. The molecule has 2 aromatic carbocycles. The second kappa shape index (κ2) is 5.30. The molecule has 0 saturated heterocycles. The molecule has 0 radical (unpaired) electrons. The highest BCUT2D eigenvalue weighted by Gasteiger charge is 2.25. The van der Waals surface area contributed by atoms with Crippen molar-refractivity contribution in [1.82, 2.24) is 5.16 Å². The van der Waals surface area contributed by atoms with Gasteiger partial charge in [0, 0.05) is 12.8 Å². The molecule has 1 heterocycles. The minimum absolute atomic E-state index is 0.680. The molecule has 4 rings (SSSR count). The molecule has 4 heteroatoms. The third kappa shape index (κ3) is 2.08. The van der Waals surface area contributed by atoms with Gasteiger partial charge >= 0.3 is 0 Å². The first kappa shape index (κ1) is 13.1. The predicted molar refractivity (Wildman–Crippen MR) is 84.5 cm³/mol. The standard InChI is InChI=1S/C18H16N2O2/c21-19-15-9-4-10-17-18(15)16(20-22-17)11-13-7-3-6-12-5-1-2-8-14(12)13/h1-3,5-8,21H,4,9-11H2. The molecule has 3 aromatic rings. The van der Waals surface area contributed by atoms with Crippen molar-refractivity contribution in [3.05, 3.63) is 65.0 Å². The summed E-state index contributed by atoms with van der Waals surface area (Å²) < 4.78 is 5.46. The van der Waals surface area contributed by atoms with Gasteiger partial charge in [-0.15, -0.1) is 0 Å². The smallest absolute Gasteiger partial charge is 0.146 e. The molecule has 1 aliphatic carbocycles. The van der Waals surface area contributed by atoms with Crippen LogP contribution in [0.4, 0.5) is 0 Å². The number of benzene rings is 2. The van der Waals surface area contributed by atoms with Crippen LogP contribution in [0.1, 0.15) is 35.4 Å². The number of hydrogen-bond acceptors (Lipinski definition) is 4. The van der Waals surface area contributed by atoms with Gasteiger partial charge in [-0.25, -0.2) is 0 Å². The highest BCUT2D eigenvalue weighted by atomic mass is 16.5. The number of oxime groups is 1. The van der Waals surface area contributed by atoms with Gasteiger partial charge in [0.2, 0.25) is 0 Å². The summed E-state index contributed by atoms with van der Waals surface area (Å²) in [6.45, 7) is 0. The van der Waals surface area contributed by atoms with Gasteiger partial charge < -0.3 is 9.73 Å². The lowest BCUT2D eigenvalue weighted by molar-refractivity contribution is 0.316. The normalized spacial score (nSPS) is 16.1. The Morgan fingerprint density at radius 1 is 1.09 bits per heavy atom. The lowest BCUT2D eigenvalue weighted by Crippen LogP contribution is -2.12. The quantitative estimate of drug-likeness (QED) is 0.575. The maximum atomic E-state index is 9.24. The summed E-state index contributed by atoms with van der Waals surface area (Å²) in [4.78, 5) is 0. The van der Waals surface area contributed by atoms with Crippen molar-refractivity contribution < 1.29 is 9.73 Å². The molecule has 22 heavy (non-hydrogen) atoms. The van der Waals surface area contributed by atoms with E-state index in [1.807, 2.05) is 12.1 Å². The van der Waals surface area contributed by atoms with E-state index in [9.17, 15) is 5.21 Å². The number of aromatic nitrogens is 1. The van der Waals surface area contributed by atoms with Crippen LogP contribution in [0.15, 0.2) is 52.1 Å². The van der Waals surface area contributed by atoms with E-state index >= 15 is 0 Å². The average molecular weight is 292 g/mol. The van der Waals surface area contributed by atoms with Crippen molar-refractivity contribution in [3.8, 4) is 0 Å². The van der Waals surface area contributed by atoms with Crippen LogP contribution in [0, 0.1) is 0 Å². The molecular formula is C18H16N2O2. The van der Waals surface area contributed by atoms with Gasteiger partial charge in [0.1, 0.15) is 5.76 Å². The van der Waals surface area contributed by atoms with E-state index in [0.717, 1.165) is 36.3 Å². The zero-order valence-corrected chi connectivity index (χ0v) is 12.1. The number of fused-ring (bicyclic) bond motifs is 2. The van der Waals surface area contributed by atoms with Gasteiger partial charge in [0.05, 0.1) is 17.0 Å². The molecule has 1 N–H and O–H groups in total. The number of nitrogens with zero attached hydrogens (tertiary/aromatic N) is 2. The molecule has 0 saturated carbocycles. The molecule has 0 spiro atoms. The van der Waals surface area contributed by atoms with Crippen LogP contribution < -0.4 is 0 Å². The van der Waals surface area contributed by atoms with Gasteiger partial charge in [-0.2, -0.15) is 0 Å². The Morgan fingerprint density at radius 3 is 2.86 bits per heavy atom. The van der Waals surface area contributed by atoms with Gasteiger partial charge in [0.15, 0.2) is 0 Å². The molecule has 4 nitrogen and oxygen atoms in total. The Bertz CT molecular complexity index is 859. The molecule has 0 fully saturated rings. The molecule has 0 bridgehead atoms. The zero-order valence-electron chi connectivity index (χ0n) is 12.1. The monoisotopic (exact) mass is 292 g/mol. The Balaban J connectivity index is 1.80. The van der Waals surface area contributed by atoms with Crippen LogP contribution in [0.2, 0.25) is 0 Å². The maximum absolute atomic E-state index is 9.24. The lowest BCUT2D eigenvalue weighted by Gasteiger charge is -2.11. The van der Waals surface area contributed by atoms with Gasteiger partial charge in [-0.3, -0.25) is 0 Å². The first-order chi connectivity index (χ1) is 10.9. The van der Waals surface area contributed by atoms with E-state index in [2.05, 4.69) is 40.6 Å². The van der Waals surface area contributed by atoms with E-state index in [-0.39, 0.29) is 0 Å². The summed E-state index contributed by atoms with van der Waals surface area (Å²) in [7, 11) is 0. The van der Waals surface area contributed by atoms with Crippen LogP contribution in [-0.4, -0.2) is 16.1 Å². The minimum Gasteiger partial charge on any atom is -0.411 e. The molecule has 1 aliphatic rings. The van der Waals surface area contributed by atoms with Crippen molar-refractivity contribution >= 4 is 16.5 Å². The van der Waals surface area contributed by atoms with Crippen molar-refractivity contribution in [1.29, 1.82) is 0 Å². The van der Waals surface area contributed by atoms with Crippen LogP contribution >= 0.6 is 0 Å². The molecule has 0 aliphatic heterocycles. The topological polar surface area (TPSA) is 58.6 Å². The third-order valence-electron chi connectivity index (χ3n) is 4.30.